The van der Waals surface area contributed by atoms with Gasteiger partial charge in [0.25, 0.3) is 0 Å². The average Bonchev–Trinajstić information content (AvgIpc) is 2.62. The molecule has 1 atom stereocenters. The molecule has 1 aromatic rings. The zero-order valence-corrected chi connectivity index (χ0v) is 10.1. The summed E-state index contributed by atoms with van der Waals surface area (Å²) in [6.45, 7) is 5.15. The lowest BCUT2D eigenvalue weighted by Gasteiger charge is -2.29. The number of rotatable bonds is 7. The summed E-state index contributed by atoms with van der Waals surface area (Å²) in [5.41, 5.74) is 0.622. The Morgan fingerprint density at radius 1 is 1.62 bits per heavy atom. The number of aromatic nitrogens is 1. The molecule has 0 aliphatic heterocycles. The smallest absolute Gasteiger partial charge is 0.150 e. The van der Waals surface area contributed by atoms with Crippen molar-refractivity contribution in [3.05, 3.63) is 17.5 Å². The summed E-state index contributed by atoms with van der Waals surface area (Å²) < 4.78 is 10.2. The molecule has 2 N–H and O–H groups in total. The van der Waals surface area contributed by atoms with Gasteiger partial charge in [0, 0.05) is 25.3 Å². The van der Waals surface area contributed by atoms with E-state index in [1.807, 2.05) is 19.9 Å². The van der Waals surface area contributed by atoms with E-state index < -0.39 is 0 Å². The van der Waals surface area contributed by atoms with Crippen LogP contribution in [0.15, 0.2) is 10.6 Å². The molecule has 1 aromatic heterocycles. The summed E-state index contributed by atoms with van der Waals surface area (Å²) >= 11 is 0. The molecule has 5 nitrogen and oxygen atoms in total. The maximum atomic E-state index is 9.00. The quantitative estimate of drug-likeness (QED) is 0.724. The van der Waals surface area contributed by atoms with Crippen molar-refractivity contribution >= 4 is 0 Å². The fourth-order valence-electron chi connectivity index (χ4n) is 1.58. The monoisotopic (exact) mass is 228 g/mol. The summed E-state index contributed by atoms with van der Waals surface area (Å²) in [4.78, 5) is 0. The molecule has 0 aromatic carbocycles. The van der Waals surface area contributed by atoms with Crippen LogP contribution in [0, 0.1) is 6.92 Å². The van der Waals surface area contributed by atoms with Crippen LogP contribution in [-0.2, 0) is 11.3 Å². The van der Waals surface area contributed by atoms with Gasteiger partial charge in [-0.05, 0) is 20.3 Å². The fourth-order valence-corrected chi connectivity index (χ4v) is 1.58. The molecule has 0 saturated carbocycles. The van der Waals surface area contributed by atoms with E-state index >= 15 is 0 Å². The molecular weight excluding hydrogens is 208 g/mol. The minimum Gasteiger partial charge on any atom is -0.396 e. The zero-order valence-electron chi connectivity index (χ0n) is 10.1. The second-order valence-electron chi connectivity index (χ2n) is 4.26. The van der Waals surface area contributed by atoms with Crippen LogP contribution >= 0.6 is 0 Å². The van der Waals surface area contributed by atoms with Gasteiger partial charge in [0.2, 0.25) is 0 Å². The number of hydrogen-bond acceptors (Lipinski definition) is 5. The third kappa shape index (κ3) is 3.92. The third-order valence-corrected chi connectivity index (χ3v) is 2.49. The van der Waals surface area contributed by atoms with Crippen molar-refractivity contribution in [2.45, 2.75) is 32.4 Å². The van der Waals surface area contributed by atoms with Crippen LogP contribution < -0.4 is 5.32 Å². The van der Waals surface area contributed by atoms with E-state index in [4.69, 9.17) is 14.4 Å². The second-order valence-corrected chi connectivity index (χ2v) is 4.26. The molecule has 1 unspecified atom stereocenters. The Hall–Kier alpha value is -0.910. The van der Waals surface area contributed by atoms with E-state index in [-0.39, 0.29) is 12.1 Å². The fraction of sp³-hybridized carbons (Fsp3) is 0.727. The number of methoxy groups -OCH3 is 1. The maximum absolute atomic E-state index is 9.00. The predicted octanol–water partition coefficient (Wildman–Crippen LogP) is 0.860. The van der Waals surface area contributed by atoms with E-state index in [9.17, 15) is 0 Å². The molecule has 92 valence electrons. The van der Waals surface area contributed by atoms with Crippen LogP contribution in [0.5, 0.6) is 0 Å². The molecule has 0 saturated heterocycles. The Bertz CT molecular complexity index is 306. The largest absolute Gasteiger partial charge is 0.396 e. The third-order valence-electron chi connectivity index (χ3n) is 2.49. The van der Waals surface area contributed by atoms with E-state index in [0.717, 1.165) is 11.5 Å². The molecule has 1 rings (SSSR count). The molecule has 0 amide bonds. The molecule has 0 spiro atoms. The predicted molar refractivity (Wildman–Crippen MR) is 60.1 cm³/mol. The molecule has 0 fully saturated rings. The minimum absolute atomic E-state index is 0.127. The van der Waals surface area contributed by atoms with Gasteiger partial charge in [-0.1, -0.05) is 5.16 Å². The maximum Gasteiger partial charge on any atom is 0.150 e. The molecule has 0 bridgehead atoms. The summed E-state index contributed by atoms with van der Waals surface area (Å²) in [7, 11) is 1.65. The van der Waals surface area contributed by atoms with Gasteiger partial charge < -0.3 is 19.7 Å². The average molecular weight is 228 g/mol. The van der Waals surface area contributed by atoms with Crippen molar-refractivity contribution in [2.24, 2.45) is 0 Å². The number of aliphatic hydroxyl groups is 1. The number of nitrogens with one attached hydrogen (secondary N) is 1. The lowest BCUT2D eigenvalue weighted by atomic mass is 9.99. The van der Waals surface area contributed by atoms with Crippen molar-refractivity contribution in [3.8, 4) is 0 Å². The lowest BCUT2D eigenvalue weighted by Crippen LogP contribution is -2.46. The van der Waals surface area contributed by atoms with Crippen molar-refractivity contribution in [1.82, 2.24) is 10.5 Å². The Labute approximate surface area is 95.8 Å². The normalized spacial score (nSPS) is 15.0. The summed E-state index contributed by atoms with van der Waals surface area (Å²) in [5, 5.41) is 16.1. The standard InChI is InChI=1S/C11H20N2O3/c1-9-6-10(16-13-9)7-12-11(2,4-5-14)8-15-3/h6,12,14H,4-5,7-8H2,1-3H3. The highest BCUT2D eigenvalue weighted by Gasteiger charge is 2.23. The van der Waals surface area contributed by atoms with Gasteiger partial charge in [0.1, 0.15) is 0 Å². The molecular formula is C11H20N2O3. The van der Waals surface area contributed by atoms with Crippen LogP contribution in [0.1, 0.15) is 24.8 Å². The Kier molecular flexibility index (Phi) is 4.92. The van der Waals surface area contributed by atoms with Crippen LogP contribution in [-0.4, -0.2) is 36.1 Å². The molecule has 0 radical (unpaired) electrons. The Morgan fingerprint density at radius 3 is 2.88 bits per heavy atom. The summed E-state index contributed by atoms with van der Waals surface area (Å²) in [5.74, 6) is 0.790. The van der Waals surface area contributed by atoms with Gasteiger partial charge >= 0.3 is 0 Å². The number of ether oxygens (including phenoxy) is 1. The summed E-state index contributed by atoms with van der Waals surface area (Å²) in [6, 6.07) is 1.89. The van der Waals surface area contributed by atoms with Crippen LogP contribution in [0.4, 0.5) is 0 Å². The van der Waals surface area contributed by atoms with Gasteiger partial charge in [-0.25, -0.2) is 0 Å². The van der Waals surface area contributed by atoms with Crippen molar-refractivity contribution < 1.29 is 14.4 Å². The first-order valence-electron chi connectivity index (χ1n) is 5.37. The first kappa shape index (κ1) is 13.2. The molecule has 0 aliphatic rings. The highest BCUT2D eigenvalue weighted by molar-refractivity contribution is 5.03. The Morgan fingerprint density at radius 2 is 2.38 bits per heavy atom. The van der Waals surface area contributed by atoms with Crippen molar-refractivity contribution in [3.63, 3.8) is 0 Å². The number of hydrogen-bond donors (Lipinski definition) is 2. The number of aryl methyl sites for hydroxylation is 1. The first-order valence-corrected chi connectivity index (χ1v) is 5.37. The van der Waals surface area contributed by atoms with Gasteiger partial charge in [-0.3, -0.25) is 0 Å². The van der Waals surface area contributed by atoms with Gasteiger partial charge in [-0.2, -0.15) is 0 Å². The number of aliphatic hydroxyl groups excluding tert-OH is 1. The van der Waals surface area contributed by atoms with Gasteiger partial charge in [-0.15, -0.1) is 0 Å². The number of nitrogens with zero attached hydrogens (tertiary/aromatic N) is 1. The molecule has 5 heteroatoms. The van der Waals surface area contributed by atoms with Gasteiger partial charge in [0.05, 0.1) is 18.8 Å². The van der Waals surface area contributed by atoms with Crippen molar-refractivity contribution in [1.29, 1.82) is 0 Å². The van der Waals surface area contributed by atoms with Gasteiger partial charge in [0.15, 0.2) is 5.76 Å². The van der Waals surface area contributed by atoms with E-state index in [1.54, 1.807) is 7.11 Å². The SMILES string of the molecule is COCC(C)(CCO)NCc1cc(C)no1. The van der Waals surface area contributed by atoms with E-state index in [0.29, 0.717) is 19.6 Å². The van der Waals surface area contributed by atoms with E-state index in [1.165, 1.54) is 0 Å². The highest BCUT2D eigenvalue weighted by atomic mass is 16.5. The lowest BCUT2D eigenvalue weighted by molar-refractivity contribution is 0.0951. The van der Waals surface area contributed by atoms with Crippen LogP contribution in [0.2, 0.25) is 0 Å². The second kappa shape index (κ2) is 5.98. The van der Waals surface area contributed by atoms with Crippen LogP contribution in [0.3, 0.4) is 0 Å². The highest BCUT2D eigenvalue weighted by Crippen LogP contribution is 2.11. The molecule has 16 heavy (non-hydrogen) atoms. The van der Waals surface area contributed by atoms with Crippen LogP contribution in [0.25, 0.3) is 0 Å². The molecule has 1 heterocycles. The van der Waals surface area contributed by atoms with Crippen molar-refractivity contribution in [2.75, 3.05) is 20.3 Å². The molecule has 0 aliphatic carbocycles. The summed E-state index contributed by atoms with van der Waals surface area (Å²) in [6.07, 6.45) is 0.633. The van der Waals surface area contributed by atoms with E-state index in [2.05, 4.69) is 10.5 Å². The Balaban J connectivity index is 2.49. The first-order chi connectivity index (χ1) is 7.59. The minimum atomic E-state index is -0.246. The zero-order chi connectivity index (χ0) is 12.0. The topological polar surface area (TPSA) is 67.5 Å².